The number of rotatable bonds is 6. The van der Waals surface area contributed by atoms with E-state index >= 15 is 0 Å². The first kappa shape index (κ1) is 22.3. The van der Waals surface area contributed by atoms with Crippen LogP contribution in [0.15, 0.2) is 36.4 Å². The summed E-state index contributed by atoms with van der Waals surface area (Å²) >= 11 is 0. The number of piperidine rings is 2. The summed E-state index contributed by atoms with van der Waals surface area (Å²) in [5.41, 5.74) is 2.42. The topological polar surface area (TPSA) is 99.2 Å². The van der Waals surface area contributed by atoms with Gasteiger partial charge < -0.3 is 21.1 Å². The van der Waals surface area contributed by atoms with Crippen LogP contribution in [0.4, 0.5) is 5.82 Å². The number of aromatic hydroxyl groups is 1. The van der Waals surface area contributed by atoms with E-state index in [1.165, 1.54) is 38.2 Å². The molecule has 0 aliphatic carbocycles. The predicted octanol–water partition coefficient (Wildman–Crippen LogP) is 3.72. The number of nitrogens with zero attached hydrogens (tertiary/aromatic N) is 2. The zero-order chi connectivity index (χ0) is 22.8. The minimum Gasteiger partial charge on any atom is -0.507 e. The molecule has 2 atom stereocenters. The normalized spacial score (nSPS) is 27.3. The summed E-state index contributed by atoms with van der Waals surface area (Å²) in [6.45, 7) is 5.60. The lowest BCUT2D eigenvalue weighted by Gasteiger charge is -2.53. The number of fused-ring (bicyclic) bond motifs is 2. The smallest absolute Gasteiger partial charge is 0.243 e. The van der Waals surface area contributed by atoms with Crippen molar-refractivity contribution in [3.05, 3.63) is 42.0 Å². The van der Waals surface area contributed by atoms with Gasteiger partial charge in [0.15, 0.2) is 0 Å². The van der Waals surface area contributed by atoms with Gasteiger partial charge in [0.2, 0.25) is 5.91 Å². The second kappa shape index (κ2) is 8.90. The lowest BCUT2D eigenvalue weighted by atomic mass is 9.67. The Labute approximate surface area is 189 Å². The Kier molecular flexibility index (Phi) is 6.20. The van der Waals surface area contributed by atoms with Crippen LogP contribution < -0.4 is 16.0 Å². The highest BCUT2D eigenvalue weighted by atomic mass is 16.3. The Morgan fingerprint density at radius 3 is 2.56 bits per heavy atom. The van der Waals surface area contributed by atoms with Gasteiger partial charge in [0.1, 0.15) is 11.6 Å². The summed E-state index contributed by atoms with van der Waals surface area (Å²) in [6, 6.07) is 9.00. The molecule has 170 valence electrons. The van der Waals surface area contributed by atoms with E-state index in [2.05, 4.69) is 40.0 Å². The first-order valence-corrected chi connectivity index (χ1v) is 11.4. The number of nitrogens with one attached hydrogen (secondary N) is 3. The van der Waals surface area contributed by atoms with E-state index in [4.69, 9.17) is 0 Å². The van der Waals surface area contributed by atoms with Crippen LogP contribution in [0.5, 0.6) is 5.75 Å². The number of carbonyl (C=O) groups is 1. The van der Waals surface area contributed by atoms with Gasteiger partial charge in [0, 0.05) is 36.3 Å². The van der Waals surface area contributed by atoms with E-state index in [1.54, 1.807) is 25.3 Å². The maximum Gasteiger partial charge on any atom is 0.243 e. The van der Waals surface area contributed by atoms with Crippen molar-refractivity contribution in [2.45, 2.75) is 57.0 Å². The molecule has 2 fully saturated rings. The minimum absolute atomic E-state index is 0.0989. The molecule has 1 amide bonds. The summed E-state index contributed by atoms with van der Waals surface area (Å²) in [7, 11) is 1.57. The fourth-order valence-corrected chi connectivity index (χ4v) is 5.46. The molecule has 2 bridgehead atoms. The highest BCUT2D eigenvalue weighted by Gasteiger charge is 2.45. The van der Waals surface area contributed by atoms with Crippen molar-refractivity contribution in [1.29, 1.82) is 0 Å². The molecule has 7 heteroatoms. The number of phenols is 1. The van der Waals surface area contributed by atoms with Crippen LogP contribution in [0.1, 0.15) is 51.5 Å². The number of hydrogen-bond donors (Lipinski definition) is 4. The fourth-order valence-electron chi connectivity index (χ4n) is 5.46. The third-order valence-corrected chi connectivity index (χ3v) is 6.75. The van der Waals surface area contributed by atoms with Crippen molar-refractivity contribution in [3.8, 4) is 17.0 Å². The number of aromatic nitrogens is 2. The average Bonchev–Trinajstić information content (AvgIpc) is 2.75. The third-order valence-electron chi connectivity index (χ3n) is 6.75. The Hall–Kier alpha value is -2.93. The minimum atomic E-state index is -0.196. The number of phenolic OH excluding ortho intramolecular Hbond substituents is 1. The molecule has 32 heavy (non-hydrogen) atoms. The molecule has 0 saturated carbocycles. The second-order valence-electron chi connectivity index (χ2n) is 9.78. The summed E-state index contributed by atoms with van der Waals surface area (Å²) in [6.07, 6.45) is 9.23. The molecule has 2 aromatic rings. The summed E-state index contributed by atoms with van der Waals surface area (Å²) in [5, 5.41) is 28.9. The summed E-state index contributed by atoms with van der Waals surface area (Å²) in [5.74, 6) is 1.25. The SMILES string of the molecule is CNC(=O)/C=C/c1ccc(-c2ccc(NCC3CC4(C)CCCC(C)(C3)N4)nn2)c(O)c1. The molecule has 2 unspecified atom stereocenters. The molecule has 1 aromatic carbocycles. The predicted molar refractivity (Wildman–Crippen MR) is 127 cm³/mol. The molecule has 2 aliphatic heterocycles. The highest BCUT2D eigenvalue weighted by molar-refractivity contribution is 5.91. The van der Waals surface area contributed by atoms with Crippen molar-refractivity contribution in [1.82, 2.24) is 20.8 Å². The molecule has 3 heterocycles. The Bertz CT molecular complexity index is 988. The van der Waals surface area contributed by atoms with Crippen LogP contribution >= 0.6 is 0 Å². The molecule has 4 N–H and O–H groups in total. The molecule has 7 nitrogen and oxygen atoms in total. The van der Waals surface area contributed by atoms with Gasteiger partial charge >= 0.3 is 0 Å². The summed E-state index contributed by atoms with van der Waals surface area (Å²) < 4.78 is 0. The molecule has 0 radical (unpaired) electrons. The Balaban J connectivity index is 1.38. The number of carbonyl (C=O) groups excluding carboxylic acids is 1. The monoisotopic (exact) mass is 435 g/mol. The van der Waals surface area contributed by atoms with Gasteiger partial charge in [0.05, 0.1) is 5.69 Å². The number of amides is 1. The standard InChI is InChI=1S/C25H33N5O2/c1-24-11-4-12-25(2,30-24)15-18(14-24)16-27-22-9-8-20(28-29-22)19-7-5-17(13-21(19)31)6-10-23(32)26-3/h5-10,13,18,30-31H,4,11-12,14-16H2,1-3H3,(H,26,32)(H,27,29)/b10-6+. The van der Waals surface area contributed by atoms with Crippen LogP contribution in [-0.4, -0.2) is 45.9 Å². The van der Waals surface area contributed by atoms with Crippen LogP contribution in [0.2, 0.25) is 0 Å². The Morgan fingerprint density at radius 2 is 1.94 bits per heavy atom. The molecule has 2 saturated heterocycles. The van der Waals surface area contributed by atoms with E-state index in [0.29, 0.717) is 17.2 Å². The second-order valence-corrected chi connectivity index (χ2v) is 9.78. The average molecular weight is 436 g/mol. The van der Waals surface area contributed by atoms with Crippen LogP contribution in [-0.2, 0) is 4.79 Å². The van der Waals surface area contributed by atoms with Gasteiger partial charge in [0.25, 0.3) is 0 Å². The molecule has 0 spiro atoms. The van der Waals surface area contributed by atoms with Gasteiger partial charge in [-0.25, -0.2) is 0 Å². The van der Waals surface area contributed by atoms with Crippen molar-refractivity contribution in [2.24, 2.45) is 5.92 Å². The maximum atomic E-state index is 11.3. The lowest BCUT2D eigenvalue weighted by Crippen LogP contribution is -2.63. The first-order chi connectivity index (χ1) is 15.3. The fraction of sp³-hybridized carbons (Fsp3) is 0.480. The molecular weight excluding hydrogens is 402 g/mol. The summed E-state index contributed by atoms with van der Waals surface area (Å²) in [4.78, 5) is 11.3. The van der Waals surface area contributed by atoms with Gasteiger partial charge in [-0.15, -0.1) is 10.2 Å². The van der Waals surface area contributed by atoms with Crippen LogP contribution in [0.3, 0.4) is 0 Å². The number of anilines is 1. The van der Waals surface area contributed by atoms with Crippen LogP contribution in [0.25, 0.3) is 17.3 Å². The lowest BCUT2D eigenvalue weighted by molar-refractivity contribution is -0.115. The molecule has 4 rings (SSSR count). The molecule has 1 aromatic heterocycles. The zero-order valence-electron chi connectivity index (χ0n) is 19.1. The number of hydrogen-bond acceptors (Lipinski definition) is 6. The van der Waals surface area contributed by atoms with Gasteiger partial charge in [-0.1, -0.05) is 6.07 Å². The zero-order valence-corrected chi connectivity index (χ0v) is 19.1. The van der Waals surface area contributed by atoms with E-state index in [-0.39, 0.29) is 22.7 Å². The third kappa shape index (κ3) is 5.10. The maximum absolute atomic E-state index is 11.3. The van der Waals surface area contributed by atoms with E-state index in [9.17, 15) is 9.90 Å². The van der Waals surface area contributed by atoms with E-state index < -0.39 is 0 Å². The van der Waals surface area contributed by atoms with Gasteiger partial charge in [-0.3, -0.25) is 4.79 Å². The number of benzene rings is 1. The largest absolute Gasteiger partial charge is 0.507 e. The Morgan fingerprint density at radius 1 is 1.19 bits per heavy atom. The first-order valence-electron chi connectivity index (χ1n) is 11.4. The van der Waals surface area contributed by atoms with Gasteiger partial charge in [-0.2, -0.15) is 0 Å². The van der Waals surface area contributed by atoms with Crippen molar-refractivity contribution in [2.75, 3.05) is 18.9 Å². The number of likely N-dealkylation sites (N-methyl/N-ethyl adjacent to an activating group) is 1. The molecular formula is C25H33N5O2. The van der Waals surface area contributed by atoms with Crippen LogP contribution in [0, 0.1) is 5.92 Å². The van der Waals surface area contributed by atoms with Crippen molar-refractivity contribution >= 4 is 17.8 Å². The molecule has 2 aliphatic rings. The van der Waals surface area contributed by atoms with Crippen molar-refractivity contribution in [3.63, 3.8) is 0 Å². The van der Waals surface area contributed by atoms with Crippen molar-refractivity contribution < 1.29 is 9.90 Å². The van der Waals surface area contributed by atoms with E-state index in [1.807, 2.05) is 18.2 Å². The highest BCUT2D eigenvalue weighted by Crippen LogP contribution is 2.42. The quantitative estimate of drug-likeness (QED) is 0.516. The van der Waals surface area contributed by atoms with Gasteiger partial charge in [-0.05, 0) is 87.8 Å². The van der Waals surface area contributed by atoms with E-state index in [0.717, 1.165) is 17.9 Å².